The van der Waals surface area contributed by atoms with E-state index in [1.54, 1.807) is 90.4 Å². The second kappa shape index (κ2) is 16.4. The molecule has 1 aliphatic carbocycles. The quantitative estimate of drug-likeness (QED) is 0.0534. The SMILES string of the molecule is CCN(c1ccc2c(-c3ccccc3S(=O)(=O)O)c3ccc(=[N+](CCCS(=O)(=O)O)c4cc(NS(C)(=O)=O)ccc4C)cc-3oc2c1)c1cc(NS(C)(=O)=O)ccc1C. The molecule has 15 nitrogen and oxygen atoms in total. The maximum absolute atomic E-state index is 12.8. The van der Waals surface area contributed by atoms with Crippen LogP contribution in [0.15, 0.2) is 106 Å². The number of hydrogen-bond donors (Lipinski definition) is 4. The minimum atomic E-state index is -4.72. The number of nitrogens with one attached hydrogen (secondary N) is 2. The van der Waals surface area contributed by atoms with Crippen molar-refractivity contribution >= 4 is 79.7 Å². The molecule has 0 bridgehead atoms. The fourth-order valence-corrected chi connectivity index (χ4v) is 9.34. The van der Waals surface area contributed by atoms with Gasteiger partial charge in [-0.1, -0.05) is 30.3 Å². The molecular weight excluding hydrogens is 841 g/mol. The van der Waals surface area contributed by atoms with Crippen LogP contribution >= 0.6 is 0 Å². The highest BCUT2D eigenvalue weighted by Crippen LogP contribution is 2.44. The van der Waals surface area contributed by atoms with E-state index in [1.807, 2.05) is 24.8 Å². The molecule has 0 saturated carbocycles. The van der Waals surface area contributed by atoms with E-state index in [9.17, 15) is 42.8 Å². The first-order chi connectivity index (χ1) is 27.5. The van der Waals surface area contributed by atoms with Gasteiger partial charge in [0.1, 0.15) is 16.2 Å². The van der Waals surface area contributed by atoms with Gasteiger partial charge in [-0.25, -0.2) is 16.8 Å². The van der Waals surface area contributed by atoms with Crippen molar-refractivity contribution in [1.29, 1.82) is 0 Å². The monoisotopic (exact) mass is 883 g/mol. The number of benzene rings is 5. The number of nitrogens with zero attached hydrogens (tertiary/aromatic N) is 2. The first kappa shape index (κ1) is 43.3. The van der Waals surface area contributed by atoms with Crippen molar-refractivity contribution in [2.75, 3.05) is 45.7 Å². The van der Waals surface area contributed by atoms with Crippen LogP contribution in [0.3, 0.4) is 0 Å². The summed E-state index contributed by atoms with van der Waals surface area (Å²) in [5, 5.41) is 0.993. The Morgan fingerprint density at radius 1 is 0.712 bits per heavy atom. The average Bonchev–Trinajstić information content (AvgIpc) is 3.12. The van der Waals surface area contributed by atoms with Crippen molar-refractivity contribution < 1.29 is 47.2 Å². The summed E-state index contributed by atoms with van der Waals surface area (Å²) >= 11 is 0. The minimum absolute atomic E-state index is 0.0154. The lowest BCUT2D eigenvalue weighted by atomic mass is 9.93. The van der Waals surface area contributed by atoms with Crippen LogP contribution in [0.5, 0.6) is 0 Å². The molecule has 0 amide bonds. The highest BCUT2D eigenvalue weighted by atomic mass is 32.2. The Balaban J connectivity index is 1.67. The molecule has 0 saturated heterocycles. The first-order valence-corrected chi connectivity index (χ1v) is 24.9. The Kier molecular flexibility index (Phi) is 12.0. The zero-order valence-corrected chi connectivity index (χ0v) is 35.9. The van der Waals surface area contributed by atoms with Crippen LogP contribution in [0.4, 0.5) is 28.4 Å². The summed E-state index contributed by atoms with van der Waals surface area (Å²) in [6.45, 7) is 6.13. The summed E-state index contributed by atoms with van der Waals surface area (Å²) in [4.78, 5) is 1.63. The summed E-state index contributed by atoms with van der Waals surface area (Å²) in [6, 6.07) is 26.6. The molecule has 2 aliphatic rings. The largest absolute Gasteiger partial charge is 0.456 e. The van der Waals surface area contributed by atoms with Crippen molar-refractivity contribution in [3.05, 3.63) is 114 Å². The van der Waals surface area contributed by atoms with Gasteiger partial charge < -0.3 is 9.32 Å². The number of hydrogen-bond acceptors (Lipinski definition) is 10. The van der Waals surface area contributed by atoms with Crippen LogP contribution in [0, 0.1) is 13.8 Å². The Morgan fingerprint density at radius 2 is 1.36 bits per heavy atom. The maximum Gasteiger partial charge on any atom is 0.295 e. The van der Waals surface area contributed by atoms with Crippen LogP contribution in [0.2, 0.25) is 0 Å². The number of aryl methyl sites for hydroxylation is 2. The molecular formula is C40H43N4O11S4+. The summed E-state index contributed by atoms with van der Waals surface area (Å²) < 4.78 is 131. The summed E-state index contributed by atoms with van der Waals surface area (Å²) in [7, 11) is -16.3. The molecule has 59 heavy (non-hydrogen) atoms. The van der Waals surface area contributed by atoms with E-state index >= 15 is 0 Å². The second-order valence-electron chi connectivity index (χ2n) is 14.1. The van der Waals surface area contributed by atoms with E-state index < -0.39 is 46.0 Å². The Bertz CT molecular complexity index is 3110. The lowest BCUT2D eigenvalue weighted by Gasteiger charge is -2.26. The van der Waals surface area contributed by atoms with E-state index in [1.165, 1.54) is 12.1 Å². The maximum atomic E-state index is 12.8. The summed E-state index contributed by atoms with van der Waals surface area (Å²) in [5.41, 5.74) is 5.51. The lowest BCUT2D eigenvalue weighted by molar-refractivity contribution is 0.478. The predicted molar refractivity (Wildman–Crippen MR) is 231 cm³/mol. The fourth-order valence-electron chi connectivity index (χ4n) is 7.03. The van der Waals surface area contributed by atoms with E-state index in [2.05, 4.69) is 9.44 Å². The minimum Gasteiger partial charge on any atom is -0.456 e. The molecule has 6 rings (SSSR count). The molecule has 19 heteroatoms. The van der Waals surface area contributed by atoms with Gasteiger partial charge in [-0.15, -0.1) is 0 Å². The molecule has 4 aromatic carbocycles. The Labute approximate surface area is 343 Å². The van der Waals surface area contributed by atoms with Gasteiger partial charge in [-0.3, -0.25) is 18.5 Å². The first-order valence-electron chi connectivity index (χ1n) is 18.1. The van der Waals surface area contributed by atoms with Crippen LogP contribution in [-0.2, 0) is 40.3 Å². The van der Waals surface area contributed by atoms with Gasteiger partial charge >= 0.3 is 0 Å². The lowest BCUT2D eigenvalue weighted by Crippen LogP contribution is -2.28. The molecule has 0 spiro atoms. The number of anilines is 4. The van der Waals surface area contributed by atoms with Gasteiger partial charge in [-0.05, 0) is 68.8 Å². The van der Waals surface area contributed by atoms with Crippen molar-refractivity contribution in [2.24, 2.45) is 0 Å². The zero-order valence-electron chi connectivity index (χ0n) is 32.7. The number of sulfonamides is 2. The molecule has 0 fully saturated rings. The zero-order chi connectivity index (χ0) is 43.1. The standard InChI is InChI=1S/C40H42N4O11S4/c1-6-43(35-22-28(14-12-26(35)2)41-56(4,45)46)30-16-18-32-37(24-30)55-38-25-31(17-19-33(38)40(32)34-10-7-8-11-39(34)59(52,53)54)44(20-9-21-58(49,50)51)36-23-29(15-13-27(36)3)42-57(5,47)48/h7-8,10-19,22-25,41-42H,6,9,20-21H2,1-5H3,(H-,49,50,51,52,53,54)/p+1. The Morgan fingerprint density at radius 3 is 1.98 bits per heavy atom. The molecule has 312 valence electrons. The molecule has 0 radical (unpaired) electrons. The van der Waals surface area contributed by atoms with Crippen LogP contribution in [0.25, 0.3) is 33.4 Å². The summed E-state index contributed by atoms with van der Waals surface area (Å²) in [5.74, 6) is -0.277. The van der Waals surface area contributed by atoms with E-state index in [-0.39, 0.29) is 34.9 Å². The van der Waals surface area contributed by atoms with Crippen molar-refractivity contribution in [3.8, 4) is 22.5 Å². The number of rotatable bonds is 14. The average molecular weight is 884 g/mol. The highest BCUT2D eigenvalue weighted by Gasteiger charge is 2.26. The Hall–Kier alpha value is -5.31. The number of fused-ring (bicyclic) bond motifs is 2. The van der Waals surface area contributed by atoms with E-state index in [0.717, 1.165) is 18.1 Å². The summed E-state index contributed by atoms with van der Waals surface area (Å²) in [6.07, 6.45) is 2.07. The van der Waals surface area contributed by atoms with E-state index in [4.69, 9.17) is 4.42 Å². The van der Waals surface area contributed by atoms with Gasteiger partial charge in [0, 0.05) is 70.2 Å². The van der Waals surface area contributed by atoms with Gasteiger partial charge in [0.05, 0.1) is 35.7 Å². The smallest absolute Gasteiger partial charge is 0.295 e. The third-order valence-corrected chi connectivity index (χ3v) is 12.4. The van der Waals surface area contributed by atoms with Gasteiger partial charge in [0.15, 0.2) is 6.54 Å². The normalized spacial score (nSPS) is 13.1. The van der Waals surface area contributed by atoms with Gasteiger partial charge in [0.25, 0.3) is 20.2 Å². The molecule has 1 aliphatic heterocycles. The van der Waals surface area contributed by atoms with Crippen LogP contribution < -0.4 is 24.3 Å². The van der Waals surface area contributed by atoms with Crippen LogP contribution in [0.1, 0.15) is 24.5 Å². The molecule has 4 aromatic rings. The highest BCUT2D eigenvalue weighted by molar-refractivity contribution is 7.92. The molecule has 0 unspecified atom stereocenters. The molecule has 0 atom stereocenters. The predicted octanol–water partition coefficient (Wildman–Crippen LogP) is 6.35. The van der Waals surface area contributed by atoms with Crippen molar-refractivity contribution in [2.45, 2.75) is 32.1 Å². The topological polar surface area (TPSA) is 220 Å². The van der Waals surface area contributed by atoms with Crippen molar-refractivity contribution in [3.63, 3.8) is 0 Å². The van der Waals surface area contributed by atoms with Gasteiger partial charge in [-0.2, -0.15) is 21.4 Å². The van der Waals surface area contributed by atoms with Gasteiger partial charge in [0.2, 0.25) is 31.1 Å². The molecule has 1 heterocycles. The van der Waals surface area contributed by atoms with E-state index in [0.29, 0.717) is 62.3 Å². The second-order valence-corrected chi connectivity index (χ2v) is 20.6. The molecule has 0 aromatic heterocycles. The fraction of sp³-hybridized carbons (Fsp3) is 0.225. The van der Waals surface area contributed by atoms with Crippen molar-refractivity contribution in [1.82, 2.24) is 4.58 Å². The molecule has 4 N–H and O–H groups in total. The third kappa shape index (κ3) is 10.3. The third-order valence-electron chi connectivity index (χ3n) is 9.45. The van der Waals surface area contributed by atoms with Crippen LogP contribution in [-0.4, -0.2) is 74.1 Å².